The first-order chi connectivity index (χ1) is 11.4. The van der Waals surface area contributed by atoms with Crippen molar-refractivity contribution in [2.45, 2.75) is 32.2 Å². The molecule has 1 aromatic rings. The molecule has 2 saturated heterocycles. The summed E-state index contributed by atoms with van der Waals surface area (Å²) in [5.41, 5.74) is -0.121. The second-order valence-electron chi connectivity index (χ2n) is 6.59. The molecule has 0 saturated carbocycles. The van der Waals surface area contributed by atoms with E-state index < -0.39 is 12.0 Å². The van der Waals surface area contributed by atoms with Crippen LogP contribution in [0.5, 0.6) is 5.88 Å². The standard InChI is InChI=1S/C16H22N4O4/c1-11(21)20-10-16(9-12(20)14(22)23)4-7-19(8-5-16)15-17-6-3-13(18-15)24-2/h3,6,12H,4-5,7-10H2,1-2H3,(H,22,23)/t12-/m0/s1. The number of amides is 1. The molecule has 0 bridgehead atoms. The highest BCUT2D eigenvalue weighted by molar-refractivity contribution is 5.83. The summed E-state index contributed by atoms with van der Waals surface area (Å²) in [7, 11) is 1.57. The first kappa shape index (κ1) is 16.5. The Morgan fingerprint density at radius 2 is 2.08 bits per heavy atom. The van der Waals surface area contributed by atoms with E-state index in [0.717, 1.165) is 25.9 Å². The third kappa shape index (κ3) is 3.00. The molecule has 2 fully saturated rings. The van der Waals surface area contributed by atoms with Gasteiger partial charge in [-0.2, -0.15) is 4.98 Å². The predicted octanol–water partition coefficient (Wildman–Crippen LogP) is 0.777. The van der Waals surface area contributed by atoms with Crippen molar-refractivity contribution >= 4 is 17.8 Å². The van der Waals surface area contributed by atoms with Gasteiger partial charge in [0.25, 0.3) is 0 Å². The van der Waals surface area contributed by atoms with E-state index in [1.54, 1.807) is 19.4 Å². The van der Waals surface area contributed by atoms with Gasteiger partial charge in [-0.3, -0.25) is 4.79 Å². The number of likely N-dealkylation sites (tertiary alicyclic amines) is 1. The van der Waals surface area contributed by atoms with Crippen LogP contribution in [0, 0.1) is 5.41 Å². The second-order valence-corrected chi connectivity index (χ2v) is 6.59. The van der Waals surface area contributed by atoms with Crippen molar-refractivity contribution in [2.75, 3.05) is 31.6 Å². The lowest BCUT2D eigenvalue weighted by molar-refractivity contribution is -0.147. The maximum Gasteiger partial charge on any atom is 0.326 e. The zero-order valence-electron chi connectivity index (χ0n) is 13.9. The van der Waals surface area contributed by atoms with E-state index in [9.17, 15) is 14.7 Å². The molecule has 1 N–H and O–H groups in total. The van der Waals surface area contributed by atoms with E-state index in [-0.39, 0.29) is 11.3 Å². The SMILES string of the molecule is COc1ccnc(N2CCC3(CC2)C[C@@H](C(=O)O)N(C(C)=O)C3)n1. The minimum absolute atomic E-state index is 0.121. The van der Waals surface area contributed by atoms with E-state index in [4.69, 9.17) is 4.74 Å². The van der Waals surface area contributed by atoms with E-state index in [0.29, 0.717) is 24.8 Å². The highest BCUT2D eigenvalue weighted by Gasteiger charge is 2.49. The van der Waals surface area contributed by atoms with Crippen molar-refractivity contribution in [2.24, 2.45) is 5.41 Å². The van der Waals surface area contributed by atoms with Gasteiger partial charge in [0, 0.05) is 38.8 Å². The molecule has 0 aliphatic carbocycles. The van der Waals surface area contributed by atoms with Gasteiger partial charge in [-0.05, 0) is 24.7 Å². The number of rotatable bonds is 3. The fraction of sp³-hybridized carbons (Fsp3) is 0.625. The van der Waals surface area contributed by atoms with Crippen LogP contribution in [-0.2, 0) is 9.59 Å². The highest BCUT2D eigenvalue weighted by atomic mass is 16.5. The molecule has 8 heteroatoms. The van der Waals surface area contributed by atoms with Crippen molar-refractivity contribution in [3.05, 3.63) is 12.3 Å². The fourth-order valence-corrected chi connectivity index (χ4v) is 3.75. The molecular weight excluding hydrogens is 312 g/mol. The van der Waals surface area contributed by atoms with E-state index in [1.807, 2.05) is 0 Å². The summed E-state index contributed by atoms with van der Waals surface area (Å²) >= 11 is 0. The molecule has 1 atom stereocenters. The number of anilines is 1. The normalized spacial score (nSPS) is 22.7. The maximum absolute atomic E-state index is 11.8. The number of hydrogen-bond donors (Lipinski definition) is 1. The number of ether oxygens (including phenoxy) is 1. The van der Waals surface area contributed by atoms with Crippen LogP contribution in [-0.4, -0.2) is 64.6 Å². The minimum Gasteiger partial charge on any atom is -0.481 e. The zero-order chi connectivity index (χ0) is 17.3. The lowest BCUT2D eigenvalue weighted by Gasteiger charge is -2.39. The Kier molecular flexibility index (Phi) is 4.29. The van der Waals surface area contributed by atoms with Crippen LogP contribution in [0.1, 0.15) is 26.2 Å². The van der Waals surface area contributed by atoms with Gasteiger partial charge in [-0.1, -0.05) is 0 Å². The van der Waals surface area contributed by atoms with Crippen molar-refractivity contribution < 1.29 is 19.4 Å². The molecule has 2 aliphatic rings. The summed E-state index contributed by atoms with van der Waals surface area (Å²) in [6.45, 7) is 3.44. The van der Waals surface area contributed by atoms with Crippen LogP contribution in [0.25, 0.3) is 0 Å². The Morgan fingerprint density at radius 3 is 2.62 bits per heavy atom. The number of methoxy groups -OCH3 is 1. The van der Waals surface area contributed by atoms with Gasteiger partial charge in [-0.15, -0.1) is 0 Å². The predicted molar refractivity (Wildman–Crippen MR) is 85.9 cm³/mol. The first-order valence-electron chi connectivity index (χ1n) is 8.06. The van der Waals surface area contributed by atoms with Crippen molar-refractivity contribution in [1.29, 1.82) is 0 Å². The second kappa shape index (κ2) is 6.26. The monoisotopic (exact) mass is 334 g/mol. The molecule has 1 spiro atoms. The quantitative estimate of drug-likeness (QED) is 0.872. The van der Waals surface area contributed by atoms with Gasteiger partial charge < -0.3 is 19.6 Å². The zero-order valence-corrected chi connectivity index (χ0v) is 13.9. The number of nitrogens with zero attached hydrogens (tertiary/aromatic N) is 4. The molecule has 1 amide bonds. The molecule has 130 valence electrons. The summed E-state index contributed by atoms with van der Waals surface area (Å²) < 4.78 is 5.13. The largest absolute Gasteiger partial charge is 0.481 e. The van der Waals surface area contributed by atoms with Crippen LogP contribution < -0.4 is 9.64 Å². The van der Waals surface area contributed by atoms with E-state index in [1.165, 1.54) is 11.8 Å². The van der Waals surface area contributed by atoms with Gasteiger partial charge in [0.05, 0.1) is 7.11 Å². The Bertz CT molecular complexity index is 619. The minimum atomic E-state index is -0.916. The van der Waals surface area contributed by atoms with Crippen LogP contribution >= 0.6 is 0 Å². The fourth-order valence-electron chi connectivity index (χ4n) is 3.75. The summed E-state index contributed by atoms with van der Waals surface area (Å²) in [6.07, 6.45) is 3.83. The molecule has 0 unspecified atom stereocenters. The van der Waals surface area contributed by atoms with Crippen LogP contribution in [0.3, 0.4) is 0 Å². The lowest BCUT2D eigenvalue weighted by Crippen LogP contribution is -2.43. The third-order valence-electron chi connectivity index (χ3n) is 5.13. The number of piperidine rings is 1. The Balaban J connectivity index is 1.70. The van der Waals surface area contributed by atoms with Gasteiger partial charge in [0.1, 0.15) is 6.04 Å². The summed E-state index contributed by atoms with van der Waals surface area (Å²) in [5, 5.41) is 9.40. The van der Waals surface area contributed by atoms with Crippen molar-refractivity contribution in [1.82, 2.24) is 14.9 Å². The topological polar surface area (TPSA) is 95.9 Å². The third-order valence-corrected chi connectivity index (χ3v) is 5.13. The number of aromatic nitrogens is 2. The summed E-state index contributed by atoms with van der Waals surface area (Å²) in [6, 6.07) is 0.996. The van der Waals surface area contributed by atoms with Gasteiger partial charge in [0.15, 0.2) is 0 Å². The average Bonchev–Trinajstić information content (AvgIpc) is 2.96. The molecule has 24 heavy (non-hydrogen) atoms. The van der Waals surface area contributed by atoms with Crippen LogP contribution in [0.2, 0.25) is 0 Å². The molecule has 3 heterocycles. The van der Waals surface area contributed by atoms with Crippen LogP contribution in [0.4, 0.5) is 5.95 Å². The van der Waals surface area contributed by atoms with E-state index >= 15 is 0 Å². The Labute approximate surface area is 140 Å². The van der Waals surface area contributed by atoms with E-state index in [2.05, 4.69) is 14.9 Å². The Morgan fingerprint density at radius 1 is 1.38 bits per heavy atom. The van der Waals surface area contributed by atoms with Crippen molar-refractivity contribution in [3.63, 3.8) is 0 Å². The number of carbonyl (C=O) groups excluding carboxylic acids is 1. The summed E-state index contributed by atoms with van der Waals surface area (Å²) in [4.78, 5) is 35.4. The molecule has 1 aromatic heterocycles. The van der Waals surface area contributed by atoms with Gasteiger partial charge >= 0.3 is 5.97 Å². The molecule has 2 aliphatic heterocycles. The molecule has 0 radical (unpaired) electrons. The Hall–Kier alpha value is -2.38. The number of carboxylic acid groups (broad SMARTS) is 1. The number of carbonyl (C=O) groups is 2. The highest BCUT2D eigenvalue weighted by Crippen LogP contribution is 2.43. The van der Waals surface area contributed by atoms with Crippen molar-refractivity contribution in [3.8, 4) is 5.88 Å². The number of carboxylic acids is 1. The first-order valence-corrected chi connectivity index (χ1v) is 8.06. The molecule has 3 rings (SSSR count). The van der Waals surface area contributed by atoms with Gasteiger partial charge in [-0.25, -0.2) is 9.78 Å². The lowest BCUT2D eigenvalue weighted by atomic mass is 9.76. The molecule has 8 nitrogen and oxygen atoms in total. The number of aliphatic carboxylic acids is 1. The smallest absolute Gasteiger partial charge is 0.326 e. The number of hydrogen-bond acceptors (Lipinski definition) is 6. The van der Waals surface area contributed by atoms with Gasteiger partial charge in [0.2, 0.25) is 17.7 Å². The average molecular weight is 334 g/mol. The molecule has 0 aromatic carbocycles. The van der Waals surface area contributed by atoms with Crippen LogP contribution in [0.15, 0.2) is 12.3 Å². The molecular formula is C16H22N4O4. The summed E-state index contributed by atoms with van der Waals surface area (Å²) in [5.74, 6) is 0.0636. The maximum atomic E-state index is 11.8.